The van der Waals surface area contributed by atoms with Gasteiger partial charge in [-0.3, -0.25) is 9.89 Å². The van der Waals surface area contributed by atoms with Gasteiger partial charge in [-0.2, -0.15) is 5.10 Å². The van der Waals surface area contributed by atoms with Crippen LogP contribution < -0.4 is 5.32 Å². The predicted octanol–water partition coefficient (Wildman–Crippen LogP) is 3.61. The number of thioether (sulfide) groups is 1. The van der Waals surface area contributed by atoms with Gasteiger partial charge in [0.1, 0.15) is 6.33 Å². The SMILES string of the molecule is CCc1ccc(-c2csc(NC(=O)C(C)Sc3ncn[nH]3)n2)cc1. The number of carbonyl (C=O) groups excluding carboxylic acids is 1. The van der Waals surface area contributed by atoms with E-state index in [0.717, 1.165) is 17.7 Å². The number of hydrogen-bond donors (Lipinski definition) is 2. The molecule has 0 bridgehead atoms. The molecular formula is C16H17N5OS2. The van der Waals surface area contributed by atoms with Crippen LogP contribution in [0.3, 0.4) is 0 Å². The Kier molecular flexibility index (Phi) is 5.27. The average molecular weight is 359 g/mol. The van der Waals surface area contributed by atoms with E-state index in [9.17, 15) is 4.79 Å². The van der Waals surface area contributed by atoms with Gasteiger partial charge in [0.15, 0.2) is 10.3 Å². The van der Waals surface area contributed by atoms with E-state index in [1.165, 1.54) is 35.0 Å². The Morgan fingerprint density at radius 2 is 2.17 bits per heavy atom. The third-order valence-electron chi connectivity index (χ3n) is 3.44. The van der Waals surface area contributed by atoms with Crippen LogP contribution in [-0.2, 0) is 11.2 Å². The van der Waals surface area contributed by atoms with Crippen LogP contribution >= 0.6 is 23.1 Å². The number of hydrogen-bond acceptors (Lipinski definition) is 6. The molecule has 2 aromatic heterocycles. The molecule has 8 heteroatoms. The van der Waals surface area contributed by atoms with Gasteiger partial charge in [0.2, 0.25) is 5.91 Å². The first-order valence-corrected chi connectivity index (χ1v) is 9.29. The second-order valence-electron chi connectivity index (χ2n) is 5.13. The molecule has 6 nitrogen and oxygen atoms in total. The summed E-state index contributed by atoms with van der Waals surface area (Å²) >= 11 is 2.74. The highest BCUT2D eigenvalue weighted by molar-refractivity contribution is 8.00. The van der Waals surface area contributed by atoms with Gasteiger partial charge >= 0.3 is 0 Å². The van der Waals surface area contributed by atoms with Gasteiger partial charge < -0.3 is 5.32 Å². The van der Waals surface area contributed by atoms with E-state index in [4.69, 9.17) is 0 Å². The zero-order valence-electron chi connectivity index (χ0n) is 13.3. The normalized spacial score (nSPS) is 12.1. The summed E-state index contributed by atoms with van der Waals surface area (Å²) < 4.78 is 0. The number of aromatic nitrogens is 4. The Hall–Kier alpha value is -2.19. The number of anilines is 1. The Balaban J connectivity index is 1.63. The van der Waals surface area contributed by atoms with Crippen molar-refractivity contribution >= 4 is 34.1 Å². The number of amides is 1. The molecule has 0 radical (unpaired) electrons. The molecule has 0 saturated heterocycles. The van der Waals surface area contributed by atoms with Crippen LogP contribution in [0.25, 0.3) is 11.3 Å². The van der Waals surface area contributed by atoms with Crippen molar-refractivity contribution in [1.29, 1.82) is 0 Å². The topological polar surface area (TPSA) is 83.6 Å². The molecule has 0 saturated carbocycles. The molecule has 1 unspecified atom stereocenters. The minimum absolute atomic E-state index is 0.112. The third kappa shape index (κ3) is 4.01. The van der Waals surface area contributed by atoms with Crippen molar-refractivity contribution in [1.82, 2.24) is 20.2 Å². The van der Waals surface area contributed by atoms with Gasteiger partial charge in [-0.1, -0.05) is 43.0 Å². The molecule has 24 heavy (non-hydrogen) atoms. The first-order valence-electron chi connectivity index (χ1n) is 7.53. The molecule has 124 valence electrons. The number of rotatable bonds is 6. The summed E-state index contributed by atoms with van der Waals surface area (Å²) in [6.07, 6.45) is 2.43. The molecule has 3 aromatic rings. The van der Waals surface area contributed by atoms with Gasteiger partial charge in [0, 0.05) is 10.9 Å². The molecule has 0 aliphatic carbocycles. The van der Waals surface area contributed by atoms with E-state index in [2.05, 4.69) is 56.7 Å². The molecule has 1 amide bonds. The van der Waals surface area contributed by atoms with Crippen LogP contribution in [-0.4, -0.2) is 31.3 Å². The number of aryl methyl sites for hydroxylation is 1. The van der Waals surface area contributed by atoms with E-state index in [1.54, 1.807) is 0 Å². The monoisotopic (exact) mass is 359 g/mol. The van der Waals surface area contributed by atoms with Crippen molar-refractivity contribution < 1.29 is 4.79 Å². The van der Waals surface area contributed by atoms with Crippen molar-refractivity contribution in [3.05, 3.63) is 41.5 Å². The standard InChI is InChI=1S/C16H17N5OS2/c1-3-11-4-6-12(7-5-11)13-8-23-16(19-13)20-14(22)10(2)24-15-17-9-18-21-15/h4-10H,3H2,1-2H3,(H,17,18,21)(H,19,20,22). The smallest absolute Gasteiger partial charge is 0.239 e. The van der Waals surface area contributed by atoms with Crippen molar-refractivity contribution in [3.63, 3.8) is 0 Å². The molecule has 0 spiro atoms. The highest BCUT2D eigenvalue weighted by atomic mass is 32.2. The molecule has 2 heterocycles. The maximum absolute atomic E-state index is 12.2. The van der Waals surface area contributed by atoms with E-state index >= 15 is 0 Å². The fourth-order valence-corrected chi connectivity index (χ4v) is 3.49. The van der Waals surface area contributed by atoms with Crippen molar-refractivity contribution in [3.8, 4) is 11.3 Å². The maximum Gasteiger partial charge on any atom is 0.239 e. The number of thiazole rings is 1. The molecule has 1 atom stereocenters. The fraction of sp³-hybridized carbons (Fsp3) is 0.250. The average Bonchev–Trinajstić information content (AvgIpc) is 3.27. The lowest BCUT2D eigenvalue weighted by atomic mass is 10.1. The van der Waals surface area contributed by atoms with Crippen molar-refractivity contribution in [2.45, 2.75) is 30.7 Å². The molecule has 1 aromatic carbocycles. The van der Waals surface area contributed by atoms with Gasteiger partial charge in [-0.25, -0.2) is 9.97 Å². The minimum atomic E-state index is -0.297. The van der Waals surface area contributed by atoms with Crippen LogP contribution in [0, 0.1) is 0 Å². The number of carbonyl (C=O) groups is 1. The van der Waals surface area contributed by atoms with Crippen LogP contribution in [0.5, 0.6) is 0 Å². The Morgan fingerprint density at radius 3 is 2.83 bits per heavy atom. The molecular weight excluding hydrogens is 342 g/mol. The molecule has 0 aliphatic rings. The second-order valence-corrected chi connectivity index (χ2v) is 7.32. The van der Waals surface area contributed by atoms with E-state index in [-0.39, 0.29) is 11.2 Å². The summed E-state index contributed by atoms with van der Waals surface area (Å²) in [5, 5.41) is 12.2. The lowest BCUT2D eigenvalue weighted by Gasteiger charge is -2.07. The van der Waals surface area contributed by atoms with Crippen molar-refractivity contribution in [2.75, 3.05) is 5.32 Å². The van der Waals surface area contributed by atoms with Crippen LogP contribution in [0.2, 0.25) is 0 Å². The third-order valence-corrected chi connectivity index (χ3v) is 5.19. The number of nitrogens with one attached hydrogen (secondary N) is 2. The lowest BCUT2D eigenvalue weighted by Crippen LogP contribution is -2.22. The van der Waals surface area contributed by atoms with E-state index in [0.29, 0.717) is 10.3 Å². The van der Waals surface area contributed by atoms with Gasteiger partial charge in [0.25, 0.3) is 0 Å². The van der Waals surface area contributed by atoms with E-state index < -0.39 is 0 Å². The van der Waals surface area contributed by atoms with Gasteiger partial charge in [0.05, 0.1) is 10.9 Å². The summed E-state index contributed by atoms with van der Waals surface area (Å²) in [6.45, 7) is 3.95. The lowest BCUT2D eigenvalue weighted by molar-refractivity contribution is -0.115. The van der Waals surface area contributed by atoms with Crippen molar-refractivity contribution in [2.24, 2.45) is 0 Å². The first-order chi connectivity index (χ1) is 11.7. The first kappa shape index (κ1) is 16.7. The van der Waals surface area contributed by atoms with Gasteiger partial charge in [-0.15, -0.1) is 11.3 Å². The zero-order chi connectivity index (χ0) is 16.9. The summed E-state index contributed by atoms with van der Waals surface area (Å²) in [4.78, 5) is 20.7. The van der Waals surface area contributed by atoms with E-state index in [1.807, 2.05) is 12.3 Å². The summed E-state index contributed by atoms with van der Waals surface area (Å²) in [6, 6.07) is 8.32. The molecule has 0 aliphatic heterocycles. The predicted molar refractivity (Wildman–Crippen MR) is 97.3 cm³/mol. The number of aromatic amines is 1. The second kappa shape index (κ2) is 7.59. The fourth-order valence-electron chi connectivity index (χ4n) is 2.05. The number of benzene rings is 1. The van der Waals surface area contributed by atoms with Crippen LogP contribution in [0.4, 0.5) is 5.13 Å². The minimum Gasteiger partial charge on any atom is -0.301 e. The Morgan fingerprint density at radius 1 is 1.38 bits per heavy atom. The highest BCUT2D eigenvalue weighted by Crippen LogP contribution is 2.26. The quantitative estimate of drug-likeness (QED) is 0.657. The highest BCUT2D eigenvalue weighted by Gasteiger charge is 2.17. The summed E-state index contributed by atoms with van der Waals surface area (Å²) in [5.74, 6) is -0.112. The molecule has 3 rings (SSSR count). The Labute approximate surface area is 148 Å². The van der Waals surface area contributed by atoms with Crippen LogP contribution in [0.1, 0.15) is 19.4 Å². The molecule has 2 N–H and O–H groups in total. The number of H-pyrrole nitrogens is 1. The largest absolute Gasteiger partial charge is 0.301 e. The number of nitrogens with zero attached hydrogens (tertiary/aromatic N) is 3. The zero-order valence-corrected chi connectivity index (χ0v) is 14.9. The summed E-state index contributed by atoms with van der Waals surface area (Å²) in [7, 11) is 0. The van der Waals surface area contributed by atoms with Crippen LogP contribution in [0.15, 0.2) is 41.1 Å². The molecule has 0 fully saturated rings. The maximum atomic E-state index is 12.2. The Bertz CT molecular complexity index is 798. The summed E-state index contributed by atoms with van der Waals surface area (Å²) in [5.41, 5.74) is 3.21. The van der Waals surface area contributed by atoms with Gasteiger partial charge in [-0.05, 0) is 18.9 Å².